The zero-order valence-corrected chi connectivity index (χ0v) is 16.3. The highest BCUT2D eigenvalue weighted by Crippen LogP contribution is 2.30. The van der Waals surface area contributed by atoms with Crippen LogP contribution in [0.1, 0.15) is 59.4 Å². The maximum atomic E-state index is 9.86. The number of hydrogen-bond donors (Lipinski definition) is 4. The molecule has 0 bridgehead atoms. The molecule has 0 aromatic heterocycles. The number of nitrogens with two attached hydrogens (primary N) is 3. The number of benzene rings is 1. The molecule has 25 heavy (non-hydrogen) atoms. The highest BCUT2D eigenvalue weighted by atomic mass is 16.3. The monoisotopic (exact) mass is 345 g/mol. The van der Waals surface area contributed by atoms with Gasteiger partial charge in [-0.05, 0) is 49.0 Å². The molecule has 0 saturated heterocycles. The second-order valence-electron chi connectivity index (χ2n) is 5.59. The predicted molar refractivity (Wildman–Crippen MR) is 109 cm³/mol. The number of rotatable bonds is 3. The Morgan fingerprint density at radius 2 is 1.68 bits per heavy atom. The van der Waals surface area contributed by atoms with Crippen LogP contribution in [0.2, 0.25) is 0 Å². The van der Waals surface area contributed by atoms with Crippen LogP contribution >= 0.6 is 0 Å². The van der Waals surface area contributed by atoms with Crippen LogP contribution in [0.15, 0.2) is 53.4 Å². The van der Waals surface area contributed by atoms with Crippen LogP contribution in [-0.4, -0.2) is 5.11 Å². The summed E-state index contributed by atoms with van der Waals surface area (Å²) in [5.41, 5.74) is 20.7. The van der Waals surface area contributed by atoms with Crippen LogP contribution in [0, 0.1) is 5.92 Å². The lowest BCUT2D eigenvalue weighted by atomic mass is 9.87. The van der Waals surface area contributed by atoms with Gasteiger partial charge in [-0.3, -0.25) is 0 Å². The van der Waals surface area contributed by atoms with Crippen molar-refractivity contribution >= 4 is 5.70 Å². The van der Waals surface area contributed by atoms with E-state index in [4.69, 9.17) is 17.2 Å². The highest BCUT2D eigenvalue weighted by Gasteiger charge is 2.15. The Labute approximate surface area is 153 Å². The third-order valence-corrected chi connectivity index (χ3v) is 3.84. The van der Waals surface area contributed by atoms with Gasteiger partial charge in [0.15, 0.2) is 0 Å². The van der Waals surface area contributed by atoms with Crippen molar-refractivity contribution in [1.29, 1.82) is 0 Å². The zero-order chi connectivity index (χ0) is 19.4. The summed E-state index contributed by atoms with van der Waals surface area (Å²) in [7, 11) is 0. The Morgan fingerprint density at radius 3 is 2.16 bits per heavy atom. The molecule has 4 heteroatoms. The van der Waals surface area contributed by atoms with Crippen molar-refractivity contribution in [2.24, 2.45) is 23.1 Å². The van der Waals surface area contributed by atoms with E-state index in [2.05, 4.69) is 13.0 Å². The van der Waals surface area contributed by atoms with Gasteiger partial charge >= 0.3 is 0 Å². The first-order chi connectivity index (χ1) is 12.0. The summed E-state index contributed by atoms with van der Waals surface area (Å²) in [5, 5.41) is 9.86. The molecule has 0 spiro atoms. The van der Waals surface area contributed by atoms with Crippen molar-refractivity contribution in [3.05, 3.63) is 58.9 Å². The summed E-state index contributed by atoms with van der Waals surface area (Å²) >= 11 is 0. The maximum Gasteiger partial charge on any atom is 0.124 e. The molecule has 7 N–H and O–H groups in total. The molecule has 1 aliphatic rings. The quantitative estimate of drug-likeness (QED) is 0.601. The van der Waals surface area contributed by atoms with E-state index in [9.17, 15) is 5.11 Å². The number of phenols is 1. The summed E-state index contributed by atoms with van der Waals surface area (Å²) in [6.07, 6.45) is 7.02. The van der Waals surface area contributed by atoms with E-state index in [-0.39, 0.29) is 11.6 Å². The number of phenolic OH excluding ortho intramolecular Hbond substituents is 1. The standard InChI is InChI=1S/C17H23N3O.2C2H6/c1-11-6-8-12(9-7-11)14(17(19)20)10-15(18)13-4-2-3-5-16(13)21;2*1-2/h2-5,8,10-11,21H,6-7,9,18-20H2,1H3;2*1-2H3/b15-10-;;. The molecule has 2 rings (SSSR count). The molecule has 0 amide bonds. The molecule has 1 aromatic rings. The predicted octanol–water partition coefficient (Wildman–Crippen LogP) is 4.62. The highest BCUT2D eigenvalue weighted by molar-refractivity contribution is 5.71. The van der Waals surface area contributed by atoms with E-state index in [1.807, 2.05) is 33.8 Å². The molecule has 4 nitrogen and oxygen atoms in total. The lowest BCUT2D eigenvalue weighted by Crippen LogP contribution is -2.15. The third-order valence-electron chi connectivity index (χ3n) is 3.84. The molecule has 1 aliphatic carbocycles. The largest absolute Gasteiger partial charge is 0.507 e. The fourth-order valence-corrected chi connectivity index (χ4v) is 2.52. The van der Waals surface area contributed by atoms with E-state index in [1.165, 1.54) is 0 Å². The smallest absolute Gasteiger partial charge is 0.124 e. The summed E-state index contributed by atoms with van der Waals surface area (Å²) in [6.45, 7) is 10.2. The summed E-state index contributed by atoms with van der Waals surface area (Å²) in [4.78, 5) is 0. The van der Waals surface area contributed by atoms with Gasteiger partial charge in [0, 0.05) is 16.8 Å². The number of hydrogen-bond acceptors (Lipinski definition) is 4. The number of aromatic hydroxyl groups is 1. The maximum absolute atomic E-state index is 9.86. The molecular weight excluding hydrogens is 310 g/mol. The molecule has 0 radical (unpaired) electrons. The fourth-order valence-electron chi connectivity index (χ4n) is 2.52. The normalized spacial score (nSPS) is 16.4. The first kappa shape index (κ1) is 22.6. The fraction of sp³-hybridized carbons (Fsp3) is 0.429. The van der Waals surface area contributed by atoms with Gasteiger partial charge in [-0.25, -0.2) is 0 Å². The average molecular weight is 346 g/mol. The Hall–Kier alpha value is -2.36. The van der Waals surface area contributed by atoms with Gasteiger partial charge in [-0.15, -0.1) is 0 Å². The van der Waals surface area contributed by atoms with Crippen molar-refractivity contribution in [2.75, 3.05) is 0 Å². The SMILES string of the molecule is CC.CC.CC1CC=C(C(/C=C(\N)c2ccccc2O)=C(N)N)CC1. The van der Waals surface area contributed by atoms with Gasteiger partial charge in [0.1, 0.15) is 11.6 Å². The average Bonchev–Trinajstić information content (AvgIpc) is 2.64. The van der Waals surface area contributed by atoms with Crippen LogP contribution in [-0.2, 0) is 0 Å². The van der Waals surface area contributed by atoms with Crippen LogP contribution in [0.3, 0.4) is 0 Å². The van der Waals surface area contributed by atoms with Crippen molar-refractivity contribution < 1.29 is 5.11 Å². The van der Waals surface area contributed by atoms with E-state index >= 15 is 0 Å². The summed E-state index contributed by atoms with van der Waals surface area (Å²) in [6, 6.07) is 6.95. The van der Waals surface area contributed by atoms with Gasteiger partial charge in [0.25, 0.3) is 0 Å². The Balaban J connectivity index is 0.00000134. The first-order valence-corrected chi connectivity index (χ1v) is 9.19. The molecule has 0 heterocycles. The van der Waals surface area contributed by atoms with Gasteiger partial charge < -0.3 is 22.3 Å². The van der Waals surface area contributed by atoms with Crippen LogP contribution in [0.5, 0.6) is 5.75 Å². The molecule has 1 unspecified atom stereocenters. The van der Waals surface area contributed by atoms with Crippen LogP contribution in [0.4, 0.5) is 0 Å². The van der Waals surface area contributed by atoms with Crippen LogP contribution < -0.4 is 17.2 Å². The summed E-state index contributed by atoms with van der Waals surface area (Å²) < 4.78 is 0. The topological polar surface area (TPSA) is 98.3 Å². The summed E-state index contributed by atoms with van der Waals surface area (Å²) in [5.74, 6) is 1.09. The Bertz CT molecular complexity index is 611. The van der Waals surface area contributed by atoms with Crippen molar-refractivity contribution in [1.82, 2.24) is 0 Å². The van der Waals surface area contributed by atoms with E-state index < -0.39 is 0 Å². The minimum Gasteiger partial charge on any atom is -0.507 e. The molecule has 1 atom stereocenters. The Morgan fingerprint density at radius 1 is 1.08 bits per heavy atom. The van der Waals surface area contributed by atoms with Gasteiger partial charge in [0.05, 0.1) is 0 Å². The van der Waals surface area contributed by atoms with Crippen molar-refractivity contribution in [2.45, 2.75) is 53.9 Å². The van der Waals surface area contributed by atoms with E-state index in [0.717, 1.165) is 30.4 Å². The van der Waals surface area contributed by atoms with Crippen molar-refractivity contribution in [3.63, 3.8) is 0 Å². The molecule has 0 fully saturated rings. The molecule has 0 aliphatic heterocycles. The zero-order valence-electron chi connectivity index (χ0n) is 16.3. The van der Waals surface area contributed by atoms with E-state index in [1.54, 1.807) is 24.3 Å². The van der Waals surface area contributed by atoms with Gasteiger partial charge in [-0.2, -0.15) is 0 Å². The van der Waals surface area contributed by atoms with Gasteiger partial charge in [-0.1, -0.05) is 52.8 Å². The Kier molecular flexibility index (Phi) is 10.9. The lowest BCUT2D eigenvalue weighted by Gasteiger charge is -2.20. The van der Waals surface area contributed by atoms with Gasteiger partial charge in [0.2, 0.25) is 0 Å². The lowest BCUT2D eigenvalue weighted by molar-refractivity contribution is 0.473. The molecule has 140 valence electrons. The number of allylic oxidation sites excluding steroid dienone is 4. The first-order valence-electron chi connectivity index (χ1n) is 9.19. The second-order valence-corrected chi connectivity index (χ2v) is 5.59. The minimum atomic E-state index is 0.146. The molecule has 1 aromatic carbocycles. The third kappa shape index (κ3) is 6.96. The number of para-hydroxylation sites is 1. The van der Waals surface area contributed by atoms with Crippen LogP contribution in [0.25, 0.3) is 5.70 Å². The molecular formula is C21H35N3O. The molecule has 0 saturated carbocycles. The van der Waals surface area contributed by atoms with Crippen molar-refractivity contribution in [3.8, 4) is 5.75 Å². The van der Waals surface area contributed by atoms with E-state index in [0.29, 0.717) is 17.2 Å². The minimum absolute atomic E-state index is 0.146. The second kappa shape index (κ2) is 12.1.